The smallest absolute Gasteiger partial charge is 0.304 e. The highest BCUT2D eigenvalue weighted by Gasteiger charge is 2.35. The molecule has 2 rings (SSSR count). The first-order valence-electron chi connectivity index (χ1n) is 6.60. The normalized spacial score (nSPS) is 16.1. The van der Waals surface area contributed by atoms with Crippen LogP contribution in [0.2, 0.25) is 0 Å². The van der Waals surface area contributed by atoms with Gasteiger partial charge in [-0.2, -0.15) is 5.26 Å². The van der Waals surface area contributed by atoms with Crippen LogP contribution in [0.5, 0.6) is 0 Å². The van der Waals surface area contributed by atoms with Gasteiger partial charge in [-0.15, -0.1) is 0 Å². The second-order valence-corrected chi connectivity index (χ2v) is 6.98. The van der Waals surface area contributed by atoms with E-state index in [0.717, 1.165) is 12.8 Å². The van der Waals surface area contributed by atoms with E-state index in [-0.39, 0.29) is 18.1 Å². The number of nitrogens with zero attached hydrogens (tertiary/aromatic N) is 1. The van der Waals surface area contributed by atoms with Gasteiger partial charge in [0.05, 0.1) is 23.8 Å². The Hall–Kier alpha value is -1.91. The standard InChI is InChI=1S/C14H16N2O4S/c15-8-10-2-1-3-11(6-10)9-21(19,20)16-13(7-14(17)18)12-4-5-12/h1-3,6,12-13,16H,4-5,7,9H2,(H,17,18). The van der Waals surface area contributed by atoms with Gasteiger partial charge in [-0.25, -0.2) is 13.1 Å². The highest BCUT2D eigenvalue weighted by Crippen LogP contribution is 2.34. The number of rotatable bonds is 7. The molecule has 1 aliphatic rings. The summed E-state index contributed by atoms with van der Waals surface area (Å²) in [5.74, 6) is -1.16. The maximum absolute atomic E-state index is 12.1. The van der Waals surface area contributed by atoms with Gasteiger partial charge in [0.25, 0.3) is 0 Å². The van der Waals surface area contributed by atoms with Gasteiger partial charge in [0.2, 0.25) is 10.0 Å². The first-order chi connectivity index (χ1) is 9.89. The Kier molecular flexibility index (Phi) is 4.60. The average molecular weight is 308 g/mol. The molecule has 6 nitrogen and oxygen atoms in total. The molecule has 1 aromatic carbocycles. The third-order valence-corrected chi connectivity index (χ3v) is 4.70. The lowest BCUT2D eigenvalue weighted by atomic mass is 10.1. The Morgan fingerprint density at radius 1 is 1.48 bits per heavy atom. The third-order valence-electron chi connectivity index (χ3n) is 3.33. The molecular formula is C14H16N2O4S. The van der Waals surface area contributed by atoms with Crippen LogP contribution >= 0.6 is 0 Å². The predicted octanol–water partition coefficient (Wildman–Crippen LogP) is 1.23. The van der Waals surface area contributed by atoms with E-state index >= 15 is 0 Å². The number of carboxylic acid groups (broad SMARTS) is 1. The van der Waals surface area contributed by atoms with Gasteiger partial charge in [0.1, 0.15) is 0 Å². The SMILES string of the molecule is N#Cc1cccc(CS(=O)(=O)NC(CC(=O)O)C2CC2)c1. The Balaban J connectivity index is 2.06. The molecule has 0 saturated heterocycles. The van der Waals surface area contributed by atoms with Crippen LogP contribution in [0.15, 0.2) is 24.3 Å². The third kappa shape index (κ3) is 4.85. The van der Waals surface area contributed by atoms with E-state index in [1.54, 1.807) is 18.2 Å². The fourth-order valence-electron chi connectivity index (χ4n) is 2.21. The number of benzene rings is 1. The fraction of sp³-hybridized carbons (Fsp3) is 0.429. The molecule has 0 bridgehead atoms. The lowest BCUT2D eigenvalue weighted by Crippen LogP contribution is -2.38. The number of nitrogens with one attached hydrogen (secondary N) is 1. The van der Waals surface area contributed by atoms with Gasteiger partial charge < -0.3 is 5.11 Å². The topological polar surface area (TPSA) is 107 Å². The van der Waals surface area contributed by atoms with E-state index in [1.807, 2.05) is 6.07 Å². The molecule has 0 heterocycles. The number of carbonyl (C=O) groups is 1. The van der Waals surface area contributed by atoms with Gasteiger partial charge in [-0.1, -0.05) is 12.1 Å². The van der Waals surface area contributed by atoms with E-state index in [9.17, 15) is 13.2 Å². The zero-order valence-electron chi connectivity index (χ0n) is 11.3. The van der Waals surface area contributed by atoms with E-state index < -0.39 is 22.0 Å². The van der Waals surface area contributed by atoms with E-state index in [1.165, 1.54) is 6.07 Å². The van der Waals surface area contributed by atoms with Crippen molar-refractivity contribution in [1.82, 2.24) is 4.72 Å². The van der Waals surface area contributed by atoms with Crippen LogP contribution in [0.1, 0.15) is 30.4 Å². The van der Waals surface area contributed by atoms with Gasteiger partial charge in [-0.05, 0) is 36.5 Å². The molecule has 2 N–H and O–H groups in total. The summed E-state index contributed by atoms with van der Waals surface area (Å²) in [7, 11) is -3.63. The number of sulfonamides is 1. The summed E-state index contributed by atoms with van der Waals surface area (Å²) >= 11 is 0. The predicted molar refractivity (Wildman–Crippen MR) is 75.7 cm³/mol. The zero-order chi connectivity index (χ0) is 15.5. The van der Waals surface area contributed by atoms with Crippen molar-refractivity contribution < 1.29 is 18.3 Å². The van der Waals surface area contributed by atoms with Crippen LogP contribution in [0.4, 0.5) is 0 Å². The first-order valence-corrected chi connectivity index (χ1v) is 8.25. The molecule has 0 radical (unpaired) electrons. The summed E-state index contributed by atoms with van der Waals surface area (Å²) in [5, 5.41) is 17.7. The maximum atomic E-state index is 12.1. The van der Waals surface area contributed by atoms with Gasteiger partial charge in [-0.3, -0.25) is 4.79 Å². The van der Waals surface area contributed by atoms with Crippen molar-refractivity contribution in [3.63, 3.8) is 0 Å². The van der Waals surface area contributed by atoms with Crippen LogP contribution in [0, 0.1) is 17.2 Å². The van der Waals surface area contributed by atoms with Crippen molar-refractivity contribution >= 4 is 16.0 Å². The largest absolute Gasteiger partial charge is 0.481 e. The Bertz CT molecular complexity index is 674. The van der Waals surface area contributed by atoms with Gasteiger partial charge in [0, 0.05) is 6.04 Å². The zero-order valence-corrected chi connectivity index (χ0v) is 12.1. The number of nitriles is 1. The Morgan fingerprint density at radius 3 is 2.76 bits per heavy atom. The van der Waals surface area contributed by atoms with Gasteiger partial charge >= 0.3 is 5.97 Å². The average Bonchev–Trinajstić information content (AvgIpc) is 3.21. The number of hydrogen-bond donors (Lipinski definition) is 2. The van der Waals surface area contributed by atoms with Crippen LogP contribution in [0.3, 0.4) is 0 Å². The number of aliphatic carboxylic acids is 1. The molecular weight excluding hydrogens is 292 g/mol. The van der Waals surface area contributed by atoms with E-state index in [0.29, 0.717) is 11.1 Å². The minimum absolute atomic E-state index is 0.112. The molecule has 7 heteroatoms. The highest BCUT2D eigenvalue weighted by atomic mass is 32.2. The van der Waals surface area contributed by atoms with Crippen LogP contribution in [-0.2, 0) is 20.6 Å². The minimum atomic E-state index is -3.63. The second-order valence-electron chi connectivity index (χ2n) is 5.23. The highest BCUT2D eigenvalue weighted by molar-refractivity contribution is 7.88. The molecule has 1 saturated carbocycles. The maximum Gasteiger partial charge on any atom is 0.304 e. The monoisotopic (exact) mass is 308 g/mol. The van der Waals surface area contributed by atoms with Crippen molar-refractivity contribution in [3.8, 4) is 6.07 Å². The molecule has 1 atom stereocenters. The molecule has 21 heavy (non-hydrogen) atoms. The van der Waals surface area contributed by atoms with Crippen LogP contribution < -0.4 is 4.72 Å². The van der Waals surface area contributed by atoms with Crippen LogP contribution in [0.25, 0.3) is 0 Å². The summed E-state index contributed by atoms with van der Waals surface area (Å²) in [6, 6.07) is 7.77. The Labute approximate surface area is 123 Å². The molecule has 112 valence electrons. The number of hydrogen-bond acceptors (Lipinski definition) is 4. The minimum Gasteiger partial charge on any atom is -0.481 e. The number of carboxylic acids is 1. The Morgan fingerprint density at radius 2 is 2.19 bits per heavy atom. The lowest BCUT2D eigenvalue weighted by molar-refractivity contribution is -0.137. The molecule has 1 unspecified atom stereocenters. The molecule has 0 amide bonds. The van der Waals surface area contributed by atoms with Crippen molar-refractivity contribution in [2.24, 2.45) is 5.92 Å². The summed E-state index contributed by atoms with van der Waals surface area (Å²) in [6.45, 7) is 0. The van der Waals surface area contributed by atoms with Gasteiger partial charge in [0.15, 0.2) is 0 Å². The lowest BCUT2D eigenvalue weighted by Gasteiger charge is -2.16. The first kappa shape index (κ1) is 15.5. The summed E-state index contributed by atoms with van der Waals surface area (Å²) in [4.78, 5) is 10.8. The fourth-order valence-corrected chi connectivity index (χ4v) is 3.65. The molecule has 1 aliphatic carbocycles. The van der Waals surface area contributed by atoms with Crippen molar-refractivity contribution in [1.29, 1.82) is 5.26 Å². The molecule has 0 aliphatic heterocycles. The van der Waals surface area contributed by atoms with Crippen LogP contribution in [-0.4, -0.2) is 25.5 Å². The van der Waals surface area contributed by atoms with Crippen molar-refractivity contribution in [2.45, 2.75) is 31.1 Å². The molecule has 1 fully saturated rings. The second kappa shape index (κ2) is 6.24. The summed E-state index contributed by atoms with van der Waals surface area (Å²) in [6.07, 6.45) is 1.50. The molecule has 1 aromatic rings. The van der Waals surface area contributed by atoms with Crippen molar-refractivity contribution in [2.75, 3.05) is 0 Å². The quantitative estimate of drug-likeness (QED) is 0.787. The van der Waals surface area contributed by atoms with E-state index in [4.69, 9.17) is 10.4 Å². The molecule has 0 aromatic heterocycles. The van der Waals surface area contributed by atoms with E-state index in [2.05, 4.69) is 4.72 Å². The van der Waals surface area contributed by atoms with Crippen molar-refractivity contribution in [3.05, 3.63) is 35.4 Å². The summed E-state index contributed by atoms with van der Waals surface area (Å²) < 4.78 is 26.8. The molecule has 0 spiro atoms. The summed E-state index contributed by atoms with van der Waals surface area (Å²) in [5.41, 5.74) is 0.901.